The molecule has 152 valence electrons. The van der Waals surface area contributed by atoms with Crippen molar-refractivity contribution in [1.82, 2.24) is 0 Å². The largest absolute Gasteiger partial charge is 0.649 e. The molecule has 0 aromatic heterocycles. The van der Waals surface area contributed by atoms with Crippen LogP contribution in [-0.4, -0.2) is 11.4 Å². The molecule has 0 saturated heterocycles. The molecule has 3 aromatic rings. The lowest BCUT2D eigenvalue weighted by molar-refractivity contribution is 0.0687. The predicted molar refractivity (Wildman–Crippen MR) is 111 cm³/mol. The Kier molecular flexibility index (Phi) is 7.21. The van der Waals surface area contributed by atoms with Crippen molar-refractivity contribution in [1.29, 1.82) is 0 Å². The molecule has 0 aliphatic carbocycles. The first-order valence-electron chi connectivity index (χ1n) is 8.77. The summed E-state index contributed by atoms with van der Waals surface area (Å²) in [6.07, 6.45) is 0. The Morgan fingerprint density at radius 3 is 1.59 bits per heavy atom. The standard InChI is InChI=1S/C22H21O5P.H2O/c1-16-14-17(2)21(18(3)15-16)22(23)27-28(24,25-19-10-6-4-7-11-19)26-20-12-8-5-9-13-20;/h4-15H,1-3H3;1H2. The van der Waals surface area contributed by atoms with Crippen LogP contribution in [0.4, 0.5) is 0 Å². The van der Waals surface area contributed by atoms with Gasteiger partial charge in [-0.05, 0) is 56.2 Å². The molecule has 0 radical (unpaired) electrons. The van der Waals surface area contributed by atoms with Gasteiger partial charge in [-0.1, -0.05) is 54.1 Å². The van der Waals surface area contributed by atoms with Crippen LogP contribution in [0, 0.1) is 20.8 Å². The van der Waals surface area contributed by atoms with E-state index in [0.717, 1.165) is 16.7 Å². The van der Waals surface area contributed by atoms with Gasteiger partial charge in [0.05, 0.1) is 5.56 Å². The first-order chi connectivity index (χ1) is 13.4. The number of phosphoric ester groups is 1. The first-order valence-corrected chi connectivity index (χ1v) is 10.2. The van der Waals surface area contributed by atoms with E-state index < -0.39 is 13.8 Å². The summed E-state index contributed by atoms with van der Waals surface area (Å²) in [5.74, 6) is -0.218. The number of para-hydroxylation sites is 2. The van der Waals surface area contributed by atoms with Crippen molar-refractivity contribution in [3.63, 3.8) is 0 Å². The number of hydrogen-bond donors (Lipinski definition) is 0. The van der Waals surface area contributed by atoms with Gasteiger partial charge in [0, 0.05) is 0 Å². The normalized spacial score (nSPS) is 10.6. The molecule has 3 rings (SSSR count). The minimum Gasteiger partial charge on any atom is -0.412 e. The Hall–Kier alpha value is -3.08. The van der Waals surface area contributed by atoms with Crippen LogP contribution in [0.3, 0.4) is 0 Å². The van der Waals surface area contributed by atoms with Crippen LogP contribution in [-0.2, 0) is 9.09 Å². The number of hydrogen-bond acceptors (Lipinski definition) is 5. The van der Waals surface area contributed by atoms with Crippen molar-refractivity contribution >= 4 is 13.8 Å². The van der Waals surface area contributed by atoms with E-state index in [4.69, 9.17) is 13.6 Å². The number of carbonyl (C=O) groups excluding carboxylic acids is 1. The number of carbonyl (C=O) groups is 1. The minimum absolute atomic E-state index is 0. The van der Waals surface area contributed by atoms with Crippen molar-refractivity contribution in [2.45, 2.75) is 20.8 Å². The second-order valence-electron chi connectivity index (χ2n) is 6.41. The molecule has 0 fully saturated rings. The molecule has 2 N–H and O–H groups in total. The van der Waals surface area contributed by atoms with Crippen LogP contribution in [0.2, 0.25) is 0 Å². The van der Waals surface area contributed by atoms with E-state index in [1.54, 1.807) is 74.5 Å². The Morgan fingerprint density at radius 1 is 0.759 bits per heavy atom. The summed E-state index contributed by atoms with van der Waals surface area (Å²) in [5, 5.41) is 0. The van der Waals surface area contributed by atoms with E-state index >= 15 is 0 Å². The van der Waals surface area contributed by atoms with Gasteiger partial charge in [-0.25, -0.2) is 4.79 Å². The fraction of sp³-hybridized carbons (Fsp3) is 0.136. The van der Waals surface area contributed by atoms with Crippen LogP contribution in [0.1, 0.15) is 27.0 Å². The number of aryl methyl sites for hydroxylation is 3. The maximum Gasteiger partial charge on any atom is 0.649 e. The highest BCUT2D eigenvalue weighted by Gasteiger charge is 2.36. The van der Waals surface area contributed by atoms with Crippen LogP contribution in [0.25, 0.3) is 0 Å². The molecule has 0 atom stereocenters. The van der Waals surface area contributed by atoms with E-state index in [-0.39, 0.29) is 17.0 Å². The molecule has 0 aliphatic heterocycles. The third-order valence-electron chi connectivity index (χ3n) is 4.00. The van der Waals surface area contributed by atoms with Gasteiger partial charge in [-0.15, -0.1) is 0 Å². The van der Waals surface area contributed by atoms with Crippen molar-refractivity contribution in [2.75, 3.05) is 0 Å². The number of rotatable bonds is 6. The zero-order chi connectivity index (χ0) is 20.1. The molecule has 3 aromatic carbocycles. The molecule has 0 spiro atoms. The van der Waals surface area contributed by atoms with Gasteiger partial charge in [0.15, 0.2) is 0 Å². The van der Waals surface area contributed by atoms with Gasteiger partial charge in [0.2, 0.25) is 0 Å². The highest BCUT2D eigenvalue weighted by molar-refractivity contribution is 7.50. The minimum atomic E-state index is -4.29. The van der Waals surface area contributed by atoms with Crippen molar-refractivity contribution < 1.29 is 28.4 Å². The Labute approximate surface area is 170 Å². The molecule has 0 saturated carbocycles. The van der Waals surface area contributed by atoms with Crippen molar-refractivity contribution in [3.8, 4) is 11.5 Å². The number of phosphoric acid groups is 1. The second kappa shape index (κ2) is 9.41. The molecule has 6 nitrogen and oxygen atoms in total. The average molecular weight is 414 g/mol. The van der Waals surface area contributed by atoms with Gasteiger partial charge in [0.1, 0.15) is 11.5 Å². The monoisotopic (exact) mass is 414 g/mol. The van der Waals surface area contributed by atoms with Gasteiger partial charge < -0.3 is 19.0 Å². The highest BCUT2D eigenvalue weighted by Crippen LogP contribution is 2.50. The quantitative estimate of drug-likeness (QED) is 0.516. The maximum atomic E-state index is 13.3. The molecule has 0 heterocycles. The Bertz CT molecular complexity index is 949. The third-order valence-corrected chi connectivity index (χ3v) is 5.25. The van der Waals surface area contributed by atoms with E-state index in [2.05, 4.69) is 0 Å². The summed E-state index contributed by atoms with van der Waals surface area (Å²) in [7, 11) is -4.29. The van der Waals surface area contributed by atoms with Crippen LogP contribution in [0.15, 0.2) is 72.8 Å². The SMILES string of the molecule is Cc1cc(C)c(C(=O)OP(=O)(Oc2ccccc2)Oc2ccccc2)c(C)c1.O. The molecule has 7 heteroatoms. The highest BCUT2D eigenvalue weighted by atomic mass is 31.2. The van der Waals surface area contributed by atoms with E-state index in [1.165, 1.54) is 0 Å². The fourth-order valence-corrected chi connectivity index (χ4v) is 4.09. The number of benzene rings is 3. The molecular weight excluding hydrogens is 391 g/mol. The summed E-state index contributed by atoms with van der Waals surface area (Å²) < 4.78 is 29.6. The van der Waals surface area contributed by atoms with Gasteiger partial charge in [0.25, 0.3) is 0 Å². The summed E-state index contributed by atoms with van der Waals surface area (Å²) in [5.41, 5.74) is 2.83. The summed E-state index contributed by atoms with van der Waals surface area (Å²) in [4.78, 5) is 12.8. The Balaban J connectivity index is 0.00000300. The van der Waals surface area contributed by atoms with E-state index in [0.29, 0.717) is 5.56 Å². The third kappa shape index (κ3) is 5.70. The molecule has 29 heavy (non-hydrogen) atoms. The van der Waals surface area contributed by atoms with Crippen LogP contribution >= 0.6 is 7.82 Å². The van der Waals surface area contributed by atoms with E-state index in [1.807, 2.05) is 19.1 Å². The van der Waals surface area contributed by atoms with Gasteiger partial charge in [-0.3, -0.25) is 0 Å². The second-order valence-corrected chi connectivity index (χ2v) is 7.85. The summed E-state index contributed by atoms with van der Waals surface area (Å²) in [6.45, 7) is 5.55. The lowest BCUT2D eigenvalue weighted by atomic mass is 10.0. The van der Waals surface area contributed by atoms with Gasteiger partial charge >= 0.3 is 13.8 Å². The zero-order valence-corrected chi connectivity index (χ0v) is 17.3. The lowest BCUT2D eigenvalue weighted by Gasteiger charge is -2.19. The summed E-state index contributed by atoms with van der Waals surface area (Å²) >= 11 is 0. The first kappa shape index (κ1) is 22.2. The Morgan fingerprint density at radius 2 is 1.17 bits per heavy atom. The zero-order valence-electron chi connectivity index (χ0n) is 16.4. The molecular formula is C22H23O6P. The average Bonchev–Trinajstić information content (AvgIpc) is 2.62. The molecule has 0 unspecified atom stereocenters. The van der Waals surface area contributed by atoms with Crippen LogP contribution < -0.4 is 9.05 Å². The topological polar surface area (TPSA) is 93.3 Å². The molecule has 0 amide bonds. The lowest BCUT2D eigenvalue weighted by Crippen LogP contribution is -2.13. The predicted octanol–water partition coefficient (Wildman–Crippen LogP) is 5.21. The molecule has 0 aliphatic rings. The van der Waals surface area contributed by atoms with E-state index in [9.17, 15) is 9.36 Å². The van der Waals surface area contributed by atoms with Crippen molar-refractivity contribution in [3.05, 3.63) is 95.1 Å². The van der Waals surface area contributed by atoms with Gasteiger partial charge in [-0.2, -0.15) is 4.57 Å². The fourth-order valence-electron chi connectivity index (χ4n) is 2.93. The van der Waals surface area contributed by atoms with Crippen molar-refractivity contribution in [2.24, 2.45) is 0 Å². The smallest absolute Gasteiger partial charge is 0.412 e. The summed E-state index contributed by atoms with van der Waals surface area (Å²) in [6, 6.07) is 20.6. The molecule has 0 bridgehead atoms. The maximum absolute atomic E-state index is 13.3. The van der Waals surface area contributed by atoms with Crippen LogP contribution in [0.5, 0.6) is 11.5 Å².